The first-order chi connectivity index (χ1) is 8.33. The first-order valence-corrected chi connectivity index (χ1v) is 6.73. The van der Waals surface area contributed by atoms with Crippen molar-refractivity contribution in [3.05, 3.63) is 55.1 Å². The number of rotatable bonds is 6. The highest BCUT2D eigenvalue weighted by atomic mass is 32.2. The number of hydrogen-bond acceptors (Lipinski definition) is 4. The van der Waals surface area contributed by atoms with Gasteiger partial charge in [-0.3, -0.25) is 0 Å². The van der Waals surface area contributed by atoms with Crippen LogP contribution in [-0.4, -0.2) is 19.3 Å². The van der Waals surface area contributed by atoms with Crippen LogP contribution < -0.4 is 0 Å². The van der Waals surface area contributed by atoms with Gasteiger partial charge in [-0.1, -0.05) is 30.4 Å². The third-order valence-corrected chi connectivity index (χ3v) is 3.68. The van der Waals surface area contributed by atoms with Crippen LogP contribution in [0.4, 0.5) is 0 Å². The Labute approximate surface area is 107 Å². The topological polar surface area (TPSA) is 63.6 Å². The van der Waals surface area contributed by atoms with Gasteiger partial charge in [0.1, 0.15) is 0 Å². The van der Waals surface area contributed by atoms with E-state index in [-0.39, 0.29) is 11.3 Å². The standard InChI is InChI=1S/C13H16O4S/c1-4-10-13(14,5-2)17-18(15,16)12-8-6-11(3)7-9-12/h4-9,14H,1-2,10H2,3H3. The quantitative estimate of drug-likeness (QED) is 0.488. The molecule has 0 aliphatic carbocycles. The molecule has 0 saturated carbocycles. The largest absolute Gasteiger partial charge is 0.361 e. The van der Waals surface area contributed by atoms with E-state index in [4.69, 9.17) is 4.18 Å². The fourth-order valence-corrected chi connectivity index (χ4v) is 2.38. The Morgan fingerprint density at radius 3 is 2.33 bits per heavy atom. The highest BCUT2D eigenvalue weighted by molar-refractivity contribution is 7.86. The van der Waals surface area contributed by atoms with Gasteiger partial charge in [-0.05, 0) is 25.1 Å². The lowest BCUT2D eigenvalue weighted by molar-refractivity contribution is -0.0858. The van der Waals surface area contributed by atoms with Gasteiger partial charge in [-0.2, -0.15) is 8.42 Å². The normalized spacial score (nSPS) is 14.8. The molecule has 98 valence electrons. The zero-order chi connectivity index (χ0) is 13.8. The number of benzene rings is 1. The molecule has 18 heavy (non-hydrogen) atoms. The predicted octanol–water partition coefficient (Wildman–Crippen LogP) is 2.15. The van der Waals surface area contributed by atoms with Crippen molar-refractivity contribution in [1.82, 2.24) is 0 Å². The minimum atomic E-state index is -4.04. The molecule has 0 saturated heterocycles. The Morgan fingerprint density at radius 2 is 1.89 bits per heavy atom. The summed E-state index contributed by atoms with van der Waals surface area (Å²) < 4.78 is 28.6. The van der Waals surface area contributed by atoms with E-state index in [0.29, 0.717) is 0 Å². The van der Waals surface area contributed by atoms with Crippen LogP contribution in [0.2, 0.25) is 0 Å². The van der Waals surface area contributed by atoms with Gasteiger partial charge in [0.25, 0.3) is 10.1 Å². The molecule has 4 nitrogen and oxygen atoms in total. The van der Waals surface area contributed by atoms with Gasteiger partial charge >= 0.3 is 0 Å². The molecule has 0 bridgehead atoms. The lowest BCUT2D eigenvalue weighted by Crippen LogP contribution is -2.32. The van der Waals surface area contributed by atoms with Crippen molar-refractivity contribution in [3.63, 3.8) is 0 Å². The third-order valence-electron chi connectivity index (χ3n) is 2.32. The molecule has 1 aromatic rings. The molecule has 1 atom stereocenters. The lowest BCUT2D eigenvalue weighted by atomic mass is 10.2. The Balaban J connectivity index is 3.04. The van der Waals surface area contributed by atoms with Crippen LogP contribution in [0.25, 0.3) is 0 Å². The monoisotopic (exact) mass is 268 g/mol. The van der Waals surface area contributed by atoms with Crippen LogP contribution in [0, 0.1) is 6.92 Å². The van der Waals surface area contributed by atoms with E-state index < -0.39 is 15.9 Å². The van der Waals surface area contributed by atoms with E-state index >= 15 is 0 Å². The average molecular weight is 268 g/mol. The fraction of sp³-hybridized carbons (Fsp3) is 0.231. The van der Waals surface area contributed by atoms with Crippen LogP contribution in [0.1, 0.15) is 12.0 Å². The third kappa shape index (κ3) is 3.53. The molecule has 0 spiro atoms. The number of aryl methyl sites for hydroxylation is 1. The van der Waals surface area contributed by atoms with Gasteiger partial charge in [-0.25, -0.2) is 4.18 Å². The second-order valence-electron chi connectivity index (χ2n) is 3.89. The molecule has 0 aliphatic rings. The molecule has 0 fully saturated rings. The van der Waals surface area contributed by atoms with Crippen LogP contribution in [0.15, 0.2) is 54.5 Å². The molecule has 1 N–H and O–H groups in total. The number of hydrogen-bond donors (Lipinski definition) is 1. The van der Waals surface area contributed by atoms with Gasteiger partial charge in [0, 0.05) is 6.42 Å². The SMILES string of the molecule is C=CCC(O)(C=C)OS(=O)(=O)c1ccc(C)cc1. The fourth-order valence-electron chi connectivity index (χ4n) is 1.30. The molecule has 0 aromatic heterocycles. The van der Waals surface area contributed by atoms with Crippen molar-refractivity contribution in [2.75, 3.05) is 0 Å². The van der Waals surface area contributed by atoms with Crippen molar-refractivity contribution < 1.29 is 17.7 Å². The smallest absolute Gasteiger partial charge is 0.299 e. The minimum absolute atomic E-state index is 0.0163. The minimum Gasteiger partial charge on any atom is -0.361 e. The summed E-state index contributed by atoms with van der Waals surface area (Å²) in [6.07, 6.45) is 2.31. The molecular weight excluding hydrogens is 252 g/mol. The first-order valence-electron chi connectivity index (χ1n) is 5.32. The summed E-state index contributed by atoms with van der Waals surface area (Å²) in [5.41, 5.74) is 0.930. The van der Waals surface area contributed by atoms with Crippen molar-refractivity contribution >= 4 is 10.1 Å². The average Bonchev–Trinajstić information content (AvgIpc) is 2.29. The van der Waals surface area contributed by atoms with E-state index in [1.54, 1.807) is 12.1 Å². The molecule has 1 rings (SSSR count). The summed E-state index contributed by atoms with van der Waals surface area (Å²) in [6, 6.07) is 6.14. The second kappa shape index (κ2) is 5.48. The van der Waals surface area contributed by atoms with Gasteiger partial charge < -0.3 is 5.11 Å². The summed E-state index contributed by atoms with van der Waals surface area (Å²) in [7, 11) is -4.04. The summed E-state index contributed by atoms with van der Waals surface area (Å²) in [4.78, 5) is -0.0163. The zero-order valence-corrected chi connectivity index (χ0v) is 11.0. The molecule has 1 unspecified atom stereocenters. The molecule has 0 radical (unpaired) electrons. The summed E-state index contributed by atoms with van der Waals surface area (Å²) in [6.45, 7) is 8.62. The van der Waals surface area contributed by atoms with Crippen LogP contribution >= 0.6 is 0 Å². The van der Waals surface area contributed by atoms with Gasteiger partial charge in [-0.15, -0.1) is 6.58 Å². The maximum absolute atomic E-state index is 11.9. The summed E-state index contributed by atoms with van der Waals surface area (Å²) in [5, 5.41) is 9.88. The van der Waals surface area contributed by atoms with E-state index in [2.05, 4.69) is 13.2 Å². The Bertz CT molecular complexity index is 531. The predicted molar refractivity (Wildman–Crippen MR) is 69.4 cm³/mol. The van der Waals surface area contributed by atoms with Crippen LogP contribution in [-0.2, 0) is 14.3 Å². The second-order valence-corrected chi connectivity index (χ2v) is 5.44. The van der Waals surface area contributed by atoms with E-state index in [0.717, 1.165) is 11.6 Å². The van der Waals surface area contributed by atoms with Gasteiger partial charge in [0.2, 0.25) is 5.79 Å². The van der Waals surface area contributed by atoms with Crippen molar-refractivity contribution in [3.8, 4) is 0 Å². The number of aliphatic hydroxyl groups is 1. The summed E-state index contributed by atoms with van der Waals surface area (Å²) >= 11 is 0. The van der Waals surface area contributed by atoms with Crippen LogP contribution in [0.3, 0.4) is 0 Å². The van der Waals surface area contributed by atoms with Crippen molar-refractivity contribution in [1.29, 1.82) is 0 Å². The maximum Gasteiger partial charge on any atom is 0.299 e. The van der Waals surface area contributed by atoms with Gasteiger partial charge in [0.05, 0.1) is 4.90 Å². The van der Waals surface area contributed by atoms with Gasteiger partial charge in [0.15, 0.2) is 0 Å². The first kappa shape index (κ1) is 14.6. The van der Waals surface area contributed by atoms with Crippen molar-refractivity contribution in [2.45, 2.75) is 24.0 Å². The Hall–Kier alpha value is -1.43. The molecule has 0 amide bonds. The maximum atomic E-state index is 11.9. The van der Waals surface area contributed by atoms with Crippen LogP contribution in [0.5, 0.6) is 0 Å². The molecule has 0 aliphatic heterocycles. The Kier molecular flexibility index (Phi) is 4.45. The zero-order valence-electron chi connectivity index (χ0n) is 10.2. The lowest BCUT2D eigenvalue weighted by Gasteiger charge is -2.22. The van der Waals surface area contributed by atoms with Crippen molar-refractivity contribution in [2.24, 2.45) is 0 Å². The highest BCUT2D eigenvalue weighted by Crippen LogP contribution is 2.22. The molecular formula is C13H16O4S. The Morgan fingerprint density at radius 1 is 1.33 bits per heavy atom. The summed E-state index contributed by atoms with van der Waals surface area (Å²) in [5.74, 6) is -1.97. The van der Waals surface area contributed by atoms with E-state index in [1.165, 1.54) is 18.2 Å². The van der Waals surface area contributed by atoms with E-state index in [1.807, 2.05) is 6.92 Å². The van der Waals surface area contributed by atoms with E-state index in [9.17, 15) is 13.5 Å². The molecule has 0 heterocycles. The molecule has 5 heteroatoms. The highest BCUT2D eigenvalue weighted by Gasteiger charge is 2.30. The molecule has 1 aromatic carbocycles.